The number of rotatable bonds is 7. The summed E-state index contributed by atoms with van der Waals surface area (Å²) >= 11 is 0. The Balaban J connectivity index is 1.51. The van der Waals surface area contributed by atoms with E-state index in [-0.39, 0.29) is 11.1 Å². The number of aryl methyl sites for hydroxylation is 1. The number of halogens is 2. The molecular formula is C32H27F2N. The summed E-state index contributed by atoms with van der Waals surface area (Å²) in [7, 11) is 0. The molecule has 0 radical (unpaired) electrons. The van der Waals surface area contributed by atoms with Crippen LogP contribution < -0.4 is 0 Å². The zero-order valence-corrected chi connectivity index (χ0v) is 19.9. The van der Waals surface area contributed by atoms with Gasteiger partial charge in [0.1, 0.15) is 17.7 Å². The van der Waals surface area contributed by atoms with Gasteiger partial charge in [0, 0.05) is 10.9 Å². The van der Waals surface area contributed by atoms with Crippen LogP contribution in [0.25, 0.3) is 21.9 Å². The standard InChI is InChI=1S/C32H27F2N/c1-2-3-4-5-6-7-23-8-12-25(13-9-23)27-18-19-30-28(21-27)17-16-26(32(30)34)14-10-24-11-15-29(22-35)31(33)20-24/h8-9,11-13,15-21H,2-7H2,1H3. The summed E-state index contributed by atoms with van der Waals surface area (Å²) in [6, 6.07) is 23.7. The fourth-order valence-corrected chi connectivity index (χ4v) is 4.19. The van der Waals surface area contributed by atoms with Crippen LogP contribution in [-0.2, 0) is 6.42 Å². The lowest BCUT2D eigenvalue weighted by Gasteiger charge is -2.08. The van der Waals surface area contributed by atoms with E-state index in [1.165, 1.54) is 49.8 Å². The van der Waals surface area contributed by atoms with Gasteiger partial charge in [0.05, 0.1) is 11.1 Å². The fraction of sp³-hybridized carbons (Fsp3) is 0.219. The van der Waals surface area contributed by atoms with E-state index in [1.54, 1.807) is 24.3 Å². The van der Waals surface area contributed by atoms with Gasteiger partial charge in [-0.2, -0.15) is 5.26 Å². The monoisotopic (exact) mass is 463 g/mol. The van der Waals surface area contributed by atoms with E-state index in [2.05, 4.69) is 43.0 Å². The van der Waals surface area contributed by atoms with Crippen molar-refractivity contribution in [3.63, 3.8) is 0 Å². The minimum absolute atomic E-state index is 0.0414. The summed E-state index contributed by atoms with van der Waals surface area (Å²) in [6.07, 6.45) is 7.49. The second-order valence-electron chi connectivity index (χ2n) is 8.78. The number of hydrogen-bond acceptors (Lipinski definition) is 1. The molecule has 0 heterocycles. The summed E-state index contributed by atoms with van der Waals surface area (Å²) in [6.45, 7) is 2.23. The van der Waals surface area contributed by atoms with E-state index in [0.29, 0.717) is 10.9 Å². The van der Waals surface area contributed by atoms with Crippen LogP contribution >= 0.6 is 0 Å². The van der Waals surface area contributed by atoms with Gasteiger partial charge in [-0.25, -0.2) is 8.78 Å². The summed E-state index contributed by atoms with van der Waals surface area (Å²) in [5.41, 5.74) is 4.09. The molecule has 4 rings (SSSR count). The van der Waals surface area contributed by atoms with Crippen molar-refractivity contribution in [2.75, 3.05) is 0 Å². The third-order valence-corrected chi connectivity index (χ3v) is 6.24. The third-order valence-electron chi connectivity index (χ3n) is 6.24. The van der Waals surface area contributed by atoms with E-state index in [4.69, 9.17) is 5.26 Å². The van der Waals surface area contributed by atoms with Crippen molar-refractivity contribution in [3.8, 4) is 29.0 Å². The van der Waals surface area contributed by atoms with Crippen molar-refractivity contribution < 1.29 is 8.78 Å². The van der Waals surface area contributed by atoms with Gasteiger partial charge in [0.25, 0.3) is 0 Å². The number of unbranched alkanes of at least 4 members (excludes halogenated alkanes) is 4. The molecule has 35 heavy (non-hydrogen) atoms. The quantitative estimate of drug-likeness (QED) is 0.199. The summed E-state index contributed by atoms with van der Waals surface area (Å²) in [5.74, 6) is 4.55. The number of nitrogens with zero attached hydrogens (tertiary/aromatic N) is 1. The molecule has 3 heteroatoms. The predicted octanol–water partition coefficient (Wildman–Crippen LogP) is 8.57. The fourth-order valence-electron chi connectivity index (χ4n) is 4.19. The molecule has 0 atom stereocenters. The van der Waals surface area contributed by atoms with Crippen LogP contribution in [-0.4, -0.2) is 0 Å². The summed E-state index contributed by atoms with van der Waals surface area (Å²) in [5, 5.41) is 10.1. The van der Waals surface area contributed by atoms with Gasteiger partial charge in [-0.3, -0.25) is 0 Å². The van der Waals surface area contributed by atoms with Gasteiger partial charge < -0.3 is 0 Å². The maximum Gasteiger partial charge on any atom is 0.146 e. The number of nitriles is 1. The van der Waals surface area contributed by atoms with E-state index < -0.39 is 11.6 Å². The Kier molecular flexibility index (Phi) is 7.92. The molecular weight excluding hydrogens is 436 g/mol. The molecule has 4 aromatic rings. The van der Waals surface area contributed by atoms with Gasteiger partial charge in [0.15, 0.2) is 0 Å². The van der Waals surface area contributed by atoms with Crippen molar-refractivity contribution in [2.24, 2.45) is 0 Å². The Labute approximate surface area is 206 Å². The topological polar surface area (TPSA) is 23.8 Å². The minimum atomic E-state index is -0.634. The number of fused-ring (bicyclic) bond motifs is 1. The largest absolute Gasteiger partial charge is 0.206 e. The first-order chi connectivity index (χ1) is 17.1. The molecule has 1 nitrogen and oxygen atoms in total. The van der Waals surface area contributed by atoms with Crippen LogP contribution in [0.2, 0.25) is 0 Å². The van der Waals surface area contributed by atoms with Crippen LogP contribution in [0.4, 0.5) is 8.78 Å². The maximum absolute atomic E-state index is 15.1. The molecule has 0 bridgehead atoms. The molecule has 4 aromatic carbocycles. The molecule has 0 aliphatic rings. The smallest absolute Gasteiger partial charge is 0.146 e. The normalized spacial score (nSPS) is 10.6. The Bertz CT molecular complexity index is 1430. The van der Waals surface area contributed by atoms with Crippen LogP contribution in [0, 0.1) is 34.8 Å². The molecule has 0 fully saturated rings. The van der Waals surface area contributed by atoms with Crippen molar-refractivity contribution >= 4 is 10.8 Å². The van der Waals surface area contributed by atoms with E-state index >= 15 is 4.39 Å². The van der Waals surface area contributed by atoms with E-state index in [1.807, 2.05) is 18.2 Å². The molecule has 0 aromatic heterocycles. The van der Waals surface area contributed by atoms with Crippen molar-refractivity contribution in [1.82, 2.24) is 0 Å². The lowest BCUT2D eigenvalue weighted by molar-refractivity contribution is 0.623. The molecule has 0 aliphatic heterocycles. The summed E-state index contributed by atoms with van der Waals surface area (Å²) in [4.78, 5) is 0. The SMILES string of the molecule is CCCCCCCc1ccc(-c2ccc3c(F)c(C#Cc4ccc(C#N)c(F)c4)ccc3c2)cc1. The zero-order chi connectivity index (χ0) is 24.6. The van der Waals surface area contributed by atoms with Crippen molar-refractivity contribution in [1.29, 1.82) is 5.26 Å². The van der Waals surface area contributed by atoms with Crippen molar-refractivity contribution in [2.45, 2.75) is 45.4 Å². The highest BCUT2D eigenvalue weighted by atomic mass is 19.1. The minimum Gasteiger partial charge on any atom is -0.206 e. The van der Waals surface area contributed by atoms with Gasteiger partial charge in [-0.1, -0.05) is 86.9 Å². The highest BCUT2D eigenvalue weighted by Crippen LogP contribution is 2.28. The molecule has 0 aliphatic carbocycles. The van der Waals surface area contributed by atoms with E-state index in [9.17, 15) is 4.39 Å². The van der Waals surface area contributed by atoms with Gasteiger partial charge in [-0.05, 0) is 65.3 Å². The molecule has 0 unspecified atom stereocenters. The second kappa shape index (κ2) is 11.5. The van der Waals surface area contributed by atoms with Crippen LogP contribution in [0.15, 0.2) is 72.8 Å². The first-order valence-corrected chi connectivity index (χ1v) is 12.1. The van der Waals surface area contributed by atoms with Gasteiger partial charge >= 0.3 is 0 Å². The first kappa shape index (κ1) is 24.2. The van der Waals surface area contributed by atoms with Crippen LogP contribution in [0.3, 0.4) is 0 Å². The Morgan fingerprint density at radius 1 is 0.714 bits per heavy atom. The second-order valence-corrected chi connectivity index (χ2v) is 8.78. The zero-order valence-electron chi connectivity index (χ0n) is 19.9. The molecule has 174 valence electrons. The average Bonchev–Trinajstić information content (AvgIpc) is 2.88. The van der Waals surface area contributed by atoms with Crippen LogP contribution in [0.5, 0.6) is 0 Å². The lowest BCUT2D eigenvalue weighted by atomic mass is 9.97. The molecule has 0 spiro atoms. The number of hydrogen-bond donors (Lipinski definition) is 0. The van der Waals surface area contributed by atoms with Crippen LogP contribution in [0.1, 0.15) is 61.3 Å². The van der Waals surface area contributed by atoms with E-state index in [0.717, 1.165) is 22.9 Å². The summed E-state index contributed by atoms with van der Waals surface area (Å²) < 4.78 is 28.9. The molecule has 0 saturated heterocycles. The van der Waals surface area contributed by atoms with Gasteiger partial charge in [-0.15, -0.1) is 0 Å². The Hall–Kier alpha value is -3.95. The third kappa shape index (κ3) is 5.95. The van der Waals surface area contributed by atoms with Gasteiger partial charge in [0.2, 0.25) is 0 Å². The highest BCUT2D eigenvalue weighted by molar-refractivity contribution is 5.89. The first-order valence-electron chi connectivity index (χ1n) is 12.1. The molecule has 0 N–H and O–H groups in total. The Morgan fingerprint density at radius 2 is 1.46 bits per heavy atom. The average molecular weight is 464 g/mol. The van der Waals surface area contributed by atoms with Crippen molar-refractivity contribution in [3.05, 3.63) is 107 Å². The number of benzene rings is 4. The maximum atomic E-state index is 15.1. The Morgan fingerprint density at radius 3 is 2.20 bits per heavy atom. The molecule has 0 amide bonds. The highest BCUT2D eigenvalue weighted by Gasteiger charge is 2.08. The predicted molar refractivity (Wildman–Crippen MR) is 139 cm³/mol. The molecule has 0 saturated carbocycles. The lowest BCUT2D eigenvalue weighted by Crippen LogP contribution is -1.89.